The van der Waals surface area contributed by atoms with Crippen molar-refractivity contribution in [1.82, 2.24) is 5.32 Å². The Morgan fingerprint density at radius 1 is 1.80 bits per heavy atom. The van der Waals surface area contributed by atoms with Gasteiger partial charge in [-0.25, -0.2) is 0 Å². The number of hydrogen-bond donors (Lipinski definition) is 1. The van der Waals surface area contributed by atoms with Gasteiger partial charge >= 0.3 is 0 Å². The lowest BCUT2D eigenvalue weighted by molar-refractivity contribution is -0.121. The quantitative estimate of drug-likeness (QED) is 0.651. The first-order chi connectivity index (χ1) is 4.83. The van der Waals surface area contributed by atoms with Crippen LogP contribution < -0.4 is 5.32 Å². The molecule has 1 saturated heterocycles. The minimum Gasteiger partial charge on any atom is -0.353 e. The summed E-state index contributed by atoms with van der Waals surface area (Å²) in [7, 11) is 0. The zero-order chi connectivity index (χ0) is 7.40. The number of carbonyl (C=O) groups excluding carboxylic acids is 1. The maximum Gasteiger partial charge on any atom is 0.219 e. The van der Waals surface area contributed by atoms with E-state index < -0.39 is 0 Å². The molecule has 58 valence electrons. The minimum atomic E-state index is 0.188. The molecule has 1 N–H and O–H groups in total. The van der Waals surface area contributed by atoms with Crippen LogP contribution >= 0.6 is 11.8 Å². The van der Waals surface area contributed by atoms with Gasteiger partial charge in [0, 0.05) is 18.2 Å². The second-order valence-electron chi connectivity index (χ2n) is 2.48. The molecular weight excluding hydrogens is 146 g/mol. The fourth-order valence-electron chi connectivity index (χ4n) is 0.978. The van der Waals surface area contributed by atoms with Crippen molar-refractivity contribution in [3.8, 4) is 0 Å². The number of hydrogen-bond acceptors (Lipinski definition) is 2. The first-order valence-electron chi connectivity index (χ1n) is 3.70. The van der Waals surface area contributed by atoms with Crippen LogP contribution in [0.1, 0.15) is 19.8 Å². The van der Waals surface area contributed by atoms with Crippen LogP contribution in [0.25, 0.3) is 0 Å². The molecule has 10 heavy (non-hydrogen) atoms. The number of nitrogens with one attached hydrogen (secondary N) is 1. The second kappa shape index (κ2) is 3.86. The van der Waals surface area contributed by atoms with Gasteiger partial charge in [-0.15, -0.1) is 0 Å². The molecule has 0 aromatic heterocycles. The monoisotopic (exact) mass is 159 g/mol. The predicted octanol–water partition coefficient (Wildman–Crippen LogP) is 1.02. The summed E-state index contributed by atoms with van der Waals surface area (Å²) in [6.07, 6.45) is 1.76. The lowest BCUT2D eigenvalue weighted by Gasteiger charge is -2.08. The molecule has 2 nitrogen and oxygen atoms in total. The molecule has 1 rings (SSSR count). The molecule has 0 saturated carbocycles. The molecule has 0 radical (unpaired) electrons. The van der Waals surface area contributed by atoms with E-state index in [9.17, 15) is 4.79 Å². The molecule has 1 heterocycles. The van der Waals surface area contributed by atoms with E-state index in [1.165, 1.54) is 5.75 Å². The number of thioether (sulfide) groups is 1. The summed E-state index contributed by atoms with van der Waals surface area (Å²) < 4.78 is 0. The highest BCUT2D eigenvalue weighted by atomic mass is 32.2. The summed E-state index contributed by atoms with van der Waals surface area (Å²) in [5, 5.41) is 2.97. The van der Waals surface area contributed by atoms with Crippen molar-refractivity contribution in [3.05, 3.63) is 0 Å². The van der Waals surface area contributed by atoms with Gasteiger partial charge < -0.3 is 5.32 Å². The Bertz CT molecular complexity index is 121. The third-order valence-electron chi connectivity index (χ3n) is 1.62. The van der Waals surface area contributed by atoms with Crippen LogP contribution in [0.3, 0.4) is 0 Å². The van der Waals surface area contributed by atoms with E-state index >= 15 is 0 Å². The molecule has 1 amide bonds. The van der Waals surface area contributed by atoms with E-state index in [4.69, 9.17) is 0 Å². The molecule has 0 spiro atoms. The summed E-state index contributed by atoms with van der Waals surface area (Å²) in [4.78, 5) is 10.8. The highest BCUT2D eigenvalue weighted by molar-refractivity contribution is 7.99. The fourth-order valence-corrected chi connectivity index (χ4v) is 2.13. The van der Waals surface area contributed by atoms with Gasteiger partial charge in [-0.05, 0) is 12.2 Å². The number of amides is 1. The molecule has 1 fully saturated rings. The maximum absolute atomic E-state index is 10.8. The zero-order valence-electron chi connectivity index (χ0n) is 6.22. The normalized spacial score (nSPS) is 24.7. The van der Waals surface area contributed by atoms with Crippen molar-refractivity contribution in [1.29, 1.82) is 0 Å². The van der Waals surface area contributed by atoms with E-state index in [-0.39, 0.29) is 5.91 Å². The summed E-state index contributed by atoms with van der Waals surface area (Å²) in [6, 6.07) is 0.456. The van der Waals surface area contributed by atoms with Crippen LogP contribution in [0.5, 0.6) is 0 Å². The average Bonchev–Trinajstić information content (AvgIpc) is 2.40. The molecule has 0 bridgehead atoms. The lowest BCUT2D eigenvalue weighted by atomic mass is 10.2. The molecular formula is C7H13NOS. The van der Waals surface area contributed by atoms with Gasteiger partial charge in [0.2, 0.25) is 5.91 Å². The van der Waals surface area contributed by atoms with Crippen molar-refractivity contribution in [2.45, 2.75) is 25.8 Å². The summed E-state index contributed by atoms with van der Waals surface area (Å²) >= 11 is 1.92. The fraction of sp³-hybridized carbons (Fsp3) is 0.857. The first-order valence-corrected chi connectivity index (χ1v) is 4.85. The van der Waals surface area contributed by atoms with E-state index in [2.05, 4.69) is 5.32 Å². The van der Waals surface area contributed by atoms with Crippen LogP contribution in [-0.4, -0.2) is 23.5 Å². The van der Waals surface area contributed by atoms with Crippen LogP contribution in [0.4, 0.5) is 0 Å². The Balaban J connectivity index is 2.17. The molecule has 0 aromatic carbocycles. The predicted molar refractivity (Wildman–Crippen MR) is 44.2 cm³/mol. The maximum atomic E-state index is 10.8. The van der Waals surface area contributed by atoms with Crippen molar-refractivity contribution in [2.75, 3.05) is 11.5 Å². The lowest BCUT2D eigenvalue weighted by Crippen LogP contribution is -2.33. The third kappa shape index (κ3) is 2.21. The first kappa shape index (κ1) is 7.92. The summed E-state index contributed by atoms with van der Waals surface area (Å²) in [5.41, 5.74) is 0. The molecule has 1 aliphatic heterocycles. The molecule has 0 aliphatic carbocycles. The van der Waals surface area contributed by atoms with Crippen LogP contribution in [-0.2, 0) is 4.79 Å². The van der Waals surface area contributed by atoms with Crippen molar-refractivity contribution >= 4 is 17.7 Å². The standard InChI is InChI=1S/C7H13NOS/c1-2-7(9)8-6-3-4-10-5-6/h6H,2-5H2,1H3,(H,8,9). The number of rotatable bonds is 2. The van der Waals surface area contributed by atoms with E-state index in [1.54, 1.807) is 0 Å². The molecule has 1 aliphatic rings. The van der Waals surface area contributed by atoms with Crippen molar-refractivity contribution in [2.24, 2.45) is 0 Å². The Hall–Kier alpha value is -0.180. The second-order valence-corrected chi connectivity index (χ2v) is 3.63. The smallest absolute Gasteiger partial charge is 0.219 e. The highest BCUT2D eigenvalue weighted by Crippen LogP contribution is 2.16. The van der Waals surface area contributed by atoms with Gasteiger partial charge in [-0.3, -0.25) is 4.79 Å². The van der Waals surface area contributed by atoms with Gasteiger partial charge in [0.05, 0.1) is 0 Å². The average molecular weight is 159 g/mol. The topological polar surface area (TPSA) is 29.1 Å². The Morgan fingerprint density at radius 2 is 2.60 bits per heavy atom. The Labute approximate surface area is 65.8 Å². The zero-order valence-corrected chi connectivity index (χ0v) is 7.04. The largest absolute Gasteiger partial charge is 0.353 e. The van der Waals surface area contributed by atoms with E-state index in [0.29, 0.717) is 12.5 Å². The van der Waals surface area contributed by atoms with Crippen molar-refractivity contribution in [3.63, 3.8) is 0 Å². The third-order valence-corrected chi connectivity index (χ3v) is 2.78. The Morgan fingerprint density at radius 3 is 3.10 bits per heavy atom. The number of carbonyl (C=O) groups is 1. The summed E-state index contributed by atoms with van der Waals surface area (Å²) in [6.45, 7) is 1.89. The van der Waals surface area contributed by atoms with Gasteiger partial charge in [0.1, 0.15) is 0 Å². The van der Waals surface area contributed by atoms with Gasteiger partial charge in [-0.2, -0.15) is 11.8 Å². The highest BCUT2D eigenvalue weighted by Gasteiger charge is 2.15. The minimum absolute atomic E-state index is 0.188. The SMILES string of the molecule is CCC(=O)NC1CCSC1. The van der Waals surface area contributed by atoms with Crippen LogP contribution in [0, 0.1) is 0 Å². The molecule has 1 atom stereocenters. The molecule has 3 heteroatoms. The van der Waals surface area contributed by atoms with Crippen LogP contribution in [0.2, 0.25) is 0 Å². The molecule has 0 aromatic rings. The van der Waals surface area contributed by atoms with Gasteiger partial charge in [0.25, 0.3) is 0 Å². The Kier molecular flexibility index (Phi) is 3.06. The summed E-state index contributed by atoms with van der Waals surface area (Å²) in [5.74, 6) is 2.49. The van der Waals surface area contributed by atoms with E-state index in [0.717, 1.165) is 12.2 Å². The molecule has 1 unspecified atom stereocenters. The van der Waals surface area contributed by atoms with E-state index in [1.807, 2.05) is 18.7 Å². The van der Waals surface area contributed by atoms with Crippen LogP contribution in [0.15, 0.2) is 0 Å². The van der Waals surface area contributed by atoms with Gasteiger partial charge in [-0.1, -0.05) is 6.92 Å². The van der Waals surface area contributed by atoms with Crippen molar-refractivity contribution < 1.29 is 4.79 Å². The van der Waals surface area contributed by atoms with Gasteiger partial charge in [0.15, 0.2) is 0 Å².